The number of likely N-dealkylation sites (N-methyl/N-ethyl adjacent to an activating group) is 1. The molecule has 1 aromatic rings. The summed E-state index contributed by atoms with van der Waals surface area (Å²) in [6.45, 7) is 1.96. The van der Waals surface area contributed by atoms with Gasteiger partial charge in [0, 0.05) is 13.2 Å². The number of aliphatic hydroxyl groups is 2. The summed E-state index contributed by atoms with van der Waals surface area (Å²) in [5.41, 5.74) is 0.958. The zero-order chi connectivity index (χ0) is 11.0. The summed E-state index contributed by atoms with van der Waals surface area (Å²) in [5.74, 6) is 0. The van der Waals surface area contributed by atoms with Gasteiger partial charge in [0.2, 0.25) is 0 Å². The fraction of sp³-hybridized carbons (Fsp3) is 0.455. The molecule has 0 saturated heterocycles. The number of halogens is 1. The molecule has 15 heavy (non-hydrogen) atoms. The average Bonchev–Trinajstić information content (AvgIpc) is 2.31. The van der Waals surface area contributed by atoms with Gasteiger partial charge in [-0.25, -0.2) is 0 Å². The van der Waals surface area contributed by atoms with Crippen molar-refractivity contribution in [1.29, 1.82) is 0 Å². The Balaban J connectivity index is 0. The highest BCUT2D eigenvalue weighted by molar-refractivity contribution is 5.85. The lowest BCUT2D eigenvalue weighted by Gasteiger charge is -2.17. The maximum Gasteiger partial charge on any atom is 0.0940 e. The Hall–Kier alpha value is -0.610. The van der Waals surface area contributed by atoms with Crippen LogP contribution in [0.4, 0.5) is 0 Å². The van der Waals surface area contributed by atoms with Crippen molar-refractivity contribution in [2.75, 3.05) is 14.2 Å². The van der Waals surface area contributed by atoms with E-state index < -0.39 is 6.10 Å². The Labute approximate surface area is 97.6 Å². The molecule has 0 aliphatic rings. The van der Waals surface area contributed by atoms with Crippen LogP contribution in [0.25, 0.3) is 0 Å². The van der Waals surface area contributed by atoms with Crippen LogP contribution in [0, 0.1) is 0 Å². The lowest BCUT2D eigenvalue weighted by Crippen LogP contribution is -2.28. The third-order valence-corrected chi connectivity index (χ3v) is 2.07. The van der Waals surface area contributed by atoms with Gasteiger partial charge in [-0.2, -0.15) is 0 Å². The minimum Gasteiger partial charge on any atom is -0.400 e. The second kappa shape index (κ2) is 9.93. The van der Waals surface area contributed by atoms with E-state index in [0.717, 1.165) is 12.7 Å². The zero-order valence-electron chi connectivity index (χ0n) is 9.34. The van der Waals surface area contributed by atoms with Gasteiger partial charge in [-0.05, 0) is 19.5 Å². The topological polar surface area (TPSA) is 52.5 Å². The van der Waals surface area contributed by atoms with Crippen molar-refractivity contribution in [3.63, 3.8) is 0 Å². The van der Waals surface area contributed by atoms with Gasteiger partial charge in [-0.1, -0.05) is 30.3 Å². The number of aliphatic hydroxyl groups excluding tert-OH is 2. The monoisotopic (exact) mass is 233 g/mol. The van der Waals surface area contributed by atoms with Gasteiger partial charge in [0.05, 0.1) is 6.10 Å². The first-order chi connectivity index (χ1) is 6.75. The summed E-state index contributed by atoms with van der Waals surface area (Å²) in [7, 11) is 2.84. The summed E-state index contributed by atoms with van der Waals surface area (Å²) in [5, 5.41) is 19.7. The van der Waals surface area contributed by atoms with Crippen molar-refractivity contribution < 1.29 is 10.2 Å². The first kappa shape index (κ1) is 16.8. The van der Waals surface area contributed by atoms with E-state index in [1.165, 1.54) is 0 Å². The molecule has 0 radical (unpaired) electrons. The van der Waals surface area contributed by atoms with Crippen LogP contribution in [0.2, 0.25) is 0 Å². The van der Waals surface area contributed by atoms with Crippen LogP contribution < -0.4 is 5.32 Å². The quantitative estimate of drug-likeness (QED) is 0.739. The Kier molecular flexibility index (Phi) is 11.1. The summed E-state index contributed by atoms with van der Waals surface area (Å²) in [6, 6.07) is 9.76. The molecule has 0 aliphatic heterocycles. The molecule has 3 nitrogen and oxygen atoms in total. The lowest BCUT2D eigenvalue weighted by atomic mass is 10.0. The number of hydrogen-bond donors (Lipinski definition) is 3. The van der Waals surface area contributed by atoms with Gasteiger partial charge in [0.25, 0.3) is 0 Å². The zero-order valence-corrected chi connectivity index (χ0v) is 10.2. The third-order valence-electron chi connectivity index (χ3n) is 2.07. The Morgan fingerprint density at radius 1 is 1.13 bits per heavy atom. The number of hydrogen-bond acceptors (Lipinski definition) is 3. The summed E-state index contributed by atoms with van der Waals surface area (Å²) >= 11 is 0. The van der Waals surface area contributed by atoms with Gasteiger partial charge in [0.1, 0.15) is 0 Å². The van der Waals surface area contributed by atoms with E-state index >= 15 is 0 Å². The molecule has 0 saturated carbocycles. The van der Waals surface area contributed by atoms with Crippen LogP contribution >= 0.6 is 12.4 Å². The largest absolute Gasteiger partial charge is 0.400 e. The second-order valence-electron chi connectivity index (χ2n) is 2.93. The highest BCUT2D eigenvalue weighted by Gasteiger charge is 2.12. The third kappa shape index (κ3) is 5.74. The van der Waals surface area contributed by atoms with Crippen LogP contribution in [-0.2, 0) is 0 Å². The van der Waals surface area contributed by atoms with E-state index in [1.54, 1.807) is 0 Å². The number of nitrogens with one attached hydrogen (secondary N) is 1. The van der Waals surface area contributed by atoms with Crippen molar-refractivity contribution in [2.45, 2.75) is 19.1 Å². The number of benzene rings is 1. The van der Waals surface area contributed by atoms with Crippen LogP contribution in [0.3, 0.4) is 0 Å². The molecule has 0 fully saturated rings. The Morgan fingerprint density at radius 3 is 2.00 bits per heavy atom. The SMILES string of the molecule is CNC(C)C(O)c1ccccc1.CO.Cl. The summed E-state index contributed by atoms with van der Waals surface area (Å²) in [4.78, 5) is 0. The molecule has 88 valence electrons. The molecule has 1 aromatic carbocycles. The maximum absolute atomic E-state index is 9.73. The molecule has 4 heteroatoms. The van der Waals surface area contributed by atoms with E-state index in [2.05, 4.69) is 5.32 Å². The smallest absolute Gasteiger partial charge is 0.0940 e. The molecule has 0 heterocycles. The highest BCUT2D eigenvalue weighted by Crippen LogP contribution is 2.15. The molecule has 0 bridgehead atoms. The van der Waals surface area contributed by atoms with E-state index in [9.17, 15) is 5.11 Å². The number of rotatable bonds is 3. The van der Waals surface area contributed by atoms with E-state index in [1.807, 2.05) is 44.3 Å². The van der Waals surface area contributed by atoms with Crippen molar-refractivity contribution in [1.82, 2.24) is 5.32 Å². The van der Waals surface area contributed by atoms with E-state index in [-0.39, 0.29) is 18.4 Å². The van der Waals surface area contributed by atoms with Gasteiger partial charge in [-0.3, -0.25) is 0 Å². The van der Waals surface area contributed by atoms with Crippen molar-refractivity contribution in [2.24, 2.45) is 0 Å². The van der Waals surface area contributed by atoms with Gasteiger partial charge < -0.3 is 15.5 Å². The molecule has 3 N–H and O–H groups in total. The van der Waals surface area contributed by atoms with Crippen LogP contribution in [0.1, 0.15) is 18.6 Å². The lowest BCUT2D eigenvalue weighted by molar-refractivity contribution is 0.140. The van der Waals surface area contributed by atoms with Gasteiger partial charge in [-0.15, -0.1) is 12.4 Å². The van der Waals surface area contributed by atoms with E-state index in [0.29, 0.717) is 0 Å². The second-order valence-corrected chi connectivity index (χ2v) is 2.93. The molecule has 0 aliphatic carbocycles. The molecular weight excluding hydrogens is 214 g/mol. The molecule has 0 aromatic heterocycles. The van der Waals surface area contributed by atoms with Crippen LogP contribution in [-0.4, -0.2) is 30.4 Å². The van der Waals surface area contributed by atoms with E-state index in [4.69, 9.17) is 5.11 Å². The highest BCUT2D eigenvalue weighted by atomic mass is 35.5. The molecular formula is C11H20ClNO2. The van der Waals surface area contributed by atoms with Crippen molar-refractivity contribution in [3.05, 3.63) is 35.9 Å². The fourth-order valence-corrected chi connectivity index (χ4v) is 1.10. The van der Waals surface area contributed by atoms with Crippen molar-refractivity contribution >= 4 is 12.4 Å². The average molecular weight is 234 g/mol. The molecule has 0 spiro atoms. The van der Waals surface area contributed by atoms with Gasteiger partial charge >= 0.3 is 0 Å². The van der Waals surface area contributed by atoms with Crippen LogP contribution in [0.5, 0.6) is 0 Å². The van der Waals surface area contributed by atoms with Crippen molar-refractivity contribution in [3.8, 4) is 0 Å². The molecule has 1 rings (SSSR count). The molecule has 2 atom stereocenters. The predicted octanol–water partition coefficient (Wildman–Crippen LogP) is 1.36. The minimum atomic E-state index is -0.420. The molecule has 2 unspecified atom stereocenters. The van der Waals surface area contributed by atoms with Gasteiger partial charge in [0.15, 0.2) is 0 Å². The normalized spacial score (nSPS) is 12.9. The first-order valence-electron chi connectivity index (χ1n) is 4.60. The fourth-order valence-electron chi connectivity index (χ4n) is 1.10. The Morgan fingerprint density at radius 2 is 1.60 bits per heavy atom. The Bertz CT molecular complexity index is 231. The minimum absolute atomic E-state index is 0. The maximum atomic E-state index is 9.73. The predicted molar refractivity (Wildman–Crippen MR) is 65.3 cm³/mol. The molecule has 0 amide bonds. The first-order valence-corrected chi connectivity index (χ1v) is 4.60. The standard InChI is InChI=1S/C10H15NO.CH4O.ClH/c1-8(11-2)10(12)9-6-4-3-5-7-9;1-2;/h3-8,10-12H,1-2H3;2H,1H3;1H. The summed E-state index contributed by atoms with van der Waals surface area (Å²) < 4.78 is 0. The summed E-state index contributed by atoms with van der Waals surface area (Å²) in [6.07, 6.45) is -0.420. The van der Waals surface area contributed by atoms with Crippen LogP contribution in [0.15, 0.2) is 30.3 Å².